The number of anilines is 1. The number of nitro groups is 1. The van der Waals surface area contributed by atoms with Crippen LogP contribution in [0.25, 0.3) is 0 Å². The SMILES string of the molecule is CCNc1ccc(Cn2c(C)c(C)sc2=O)cc1[N+](=O)[O-]. The Balaban J connectivity index is 2.39. The fourth-order valence-electron chi connectivity index (χ4n) is 2.12. The lowest BCUT2D eigenvalue weighted by atomic mass is 10.1. The fourth-order valence-corrected chi connectivity index (χ4v) is 2.95. The van der Waals surface area contributed by atoms with E-state index in [9.17, 15) is 14.9 Å². The van der Waals surface area contributed by atoms with Crippen molar-refractivity contribution in [3.05, 3.63) is 54.1 Å². The van der Waals surface area contributed by atoms with Gasteiger partial charge in [-0.25, -0.2) is 0 Å². The van der Waals surface area contributed by atoms with Crippen molar-refractivity contribution in [1.29, 1.82) is 0 Å². The molecule has 1 aromatic carbocycles. The molecule has 1 heterocycles. The van der Waals surface area contributed by atoms with Crippen molar-refractivity contribution in [2.24, 2.45) is 0 Å². The van der Waals surface area contributed by atoms with Gasteiger partial charge in [-0.05, 0) is 32.4 Å². The first-order valence-corrected chi connectivity index (χ1v) is 7.43. The third-order valence-electron chi connectivity index (χ3n) is 3.34. The number of benzene rings is 1. The fraction of sp³-hybridized carbons (Fsp3) is 0.357. The Hall–Kier alpha value is -2.15. The monoisotopic (exact) mass is 307 g/mol. The summed E-state index contributed by atoms with van der Waals surface area (Å²) >= 11 is 1.20. The van der Waals surface area contributed by atoms with E-state index in [1.165, 1.54) is 17.4 Å². The van der Waals surface area contributed by atoms with E-state index in [2.05, 4.69) is 5.32 Å². The van der Waals surface area contributed by atoms with Crippen molar-refractivity contribution in [2.75, 3.05) is 11.9 Å². The van der Waals surface area contributed by atoms with Crippen molar-refractivity contribution in [3.63, 3.8) is 0 Å². The van der Waals surface area contributed by atoms with E-state index in [-0.39, 0.29) is 10.6 Å². The molecule has 21 heavy (non-hydrogen) atoms. The van der Waals surface area contributed by atoms with Crippen LogP contribution in [0.2, 0.25) is 0 Å². The third kappa shape index (κ3) is 3.13. The minimum Gasteiger partial charge on any atom is -0.380 e. The van der Waals surface area contributed by atoms with E-state index < -0.39 is 4.92 Å². The Morgan fingerprint density at radius 2 is 2.10 bits per heavy atom. The molecular formula is C14H17N3O3S. The maximum absolute atomic E-state index is 11.9. The van der Waals surface area contributed by atoms with Crippen LogP contribution in [0, 0.1) is 24.0 Å². The molecule has 0 saturated heterocycles. The second kappa shape index (κ2) is 6.09. The summed E-state index contributed by atoms with van der Waals surface area (Å²) in [5, 5.41) is 14.1. The van der Waals surface area contributed by atoms with Crippen LogP contribution >= 0.6 is 11.3 Å². The molecule has 2 rings (SSSR count). The minimum atomic E-state index is -0.407. The maximum atomic E-state index is 11.9. The largest absolute Gasteiger partial charge is 0.380 e. The normalized spacial score (nSPS) is 10.6. The molecule has 0 aliphatic rings. The predicted octanol–water partition coefficient (Wildman–Crippen LogP) is 2.91. The molecular weight excluding hydrogens is 290 g/mol. The lowest BCUT2D eigenvalue weighted by molar-refractivity contribution is -0.384. The van der Waals surface area contributed by atoms with Crippen LogP contribution in [-0.2, 0) is 6.54 Å². The molecule has 7 heteroatoms. The standard InChI is InChI=1S/C14H17N3O3S/c1-4-15-12-6-5-11(7-13(12)17(19)20)8-16-9(2)10(3)21-14(16)18/h5-7,15H,4,8H2,1-3H3. The molecule has 1 N–H and O–H groups in total. The van der Waals surface area contributed by atoms with Gasteiger partial charge in [0.05, 0.1) is 11.5 Å². The van der Waals surface area contributed by atoms with Gasteiger partial charge in [0.15, 0.2) is 0 Å². The lowest BCUT2D eigenvalue weighted by Crippen LogP contribution is -2.15. The van der Waals surface area contributed by atoms with Crippen molar-refractivity contribution in [3.8, 4) is 0 Å². The van der Waals surface area contributed by atoms with E-state index >= 15 is 0 Å². The maximum Gasteiger partial charge on any atom is 0.307 e. The first kappa shape index (κ1) is 15.2. The van der Waals surface area contributed by atoms with Crippen LogP contribution in [0.15, 0.2) is 23.0 Å². The Bertz CT molecular complexity index is 734. The molecule has 1 aromatic heterocycles. The second-order valence-electron chi connectivity index (χ2n) is 4.73. The molecule has 0 spiro atoms. The summed E-state index contributed by atoms with van der Waals surface area (Å²) in [7, 11) is 0. The Labute approximate surface area is 126 Å². The van der Waals surface area contributed by atoms with Crippen LogP contribution in [0.4, 0.5) is 11.4 Å². The van der Waals surface area contributed by atoms with Crippen molar-refractivity contribution in [2.45, 2.75) is 27.3 Å². The van der Waals surface area contributed by atoms with Crippen LogP contribution in [0.5, 0.6) is 0 Å². The molecule has 112 valence electrons. The molecule has 6 nitrogen and oxygen atoms in total. The van der Waals surface area contributed by atoms with Gasteiger partial charge in [-0.2, -0.15) is 0 Å². The van der Waals surface area contributed by atoms with Crippen LogP contribution in [0.3, 0.4) is 0 Å². The summed E-state index contributed by atoms with van der Waals surface area (Å²) in [5.41, 5.74) is 2.18. The zero-order valence-corrected chi connectivity index (χ0v) is 13.0. The molecule has 2 aromatic rings. The van der Waals surface area contributed by atoms with Gasteiger partial charge in [-0.15, -0.1) is 0 Å². The van der Waals surface area contributed by atoms with Gasteiger partial charge in [0.2, 0.25) is 0 Å². The summed E-state index contributed by atoms with van der Waals surface area (Å²) in [6.07, 6.45) is 0. The second-order valence-corrected chi connectivity index (χ2v) is 5.90. The number of rotatable bonds is 5. The molecule has 0 aliphatic carbocycles. The average molecular weight is 307 g/mol. The highest BCUT2D eigenvalue weighted by Gasteiger charge is 2.15. The van der Waals surface area contributed by atoms with Gasteiger partial charge in [0.1, 0.15) is 5.69 Å². The van der Waals surface area contributed by atoms with Gasteiger partial charge in [0.25, 0.3) is 5.69 Å². The number of aryl methyl sites for hydroxylation is 1. The number of hydrogen-bond acceptors (Lipinski definition) is 5. The molecule has 0 aliphatic heterocycles. The smallest absolute Gasteiger partial charge is 0.307 e. The van der Waals surface area contributed by atoms with E-state index in [1.54, 1.807) is 10.6 Å². The average Bonchev–Trinajstić information content (AvgIpc) is 2.67. The van der Waals surface area contributed by atoms with Gasteiger partial charge >= 0.3 is 4.87 Å². The quantitative estimate of drug-likeness (QED) is 0.680. The Kier molecular flexibility index (Phi) is 4.42. The van der Waals surface area contributed by atoms with Crippen LogP contribution in [0.1, 0.15) is 23.1 Å². The summed E-state index contributed by atoms with van der Waals surface area (Å²) < 4.78 is 1.64. The summed E-state index contributed by atoms with van der Waals surface area (Å²) in [5.74, 6) is 0. The van der Waals surface area contributed by atoms with E-state index in [0.717, 1.165) is 16.1 Å². The van der Waals surface area contributed by atoms with E-state index in [4.69, 9.17) is 0 Å². The summed E-state index contributed by atoms with van der Waals surface area (Å²) in [4.78, 5) is 23.6. The van der Waals surface area contributed by atoms with E-state index in [0.29, 0.717) is 18.8 Å². The predicted molar refractivity (Wildman–Crippen MR) is 84.4 cm³/mol. The molecule has 0 saturated carbocycles. The van der Waals surface area contributed by atoms with E-state index in [1.807, 2.05) is 26.8 Å². The first-order chi connectivity index (χ1) is 9.93. The number of nitrogens with zero attached hydrogens (tertiary/aromatic N) is 2. The van der Waals surface area contributed by atoms with Gasteiger partial charge in [0, 0.05) is 23.2 Å². The number of nitro benzene ring substituents is 1. The zero-order valence-electron chi connectivity index (χ0n) is 12.2. The van der Waals surface area contributed by atoms with Crippen molar-refractivity contribution < 1.29 is 4.92 Å². The number of nitrogens with one attached hydrogen (secondary N) is 1. The Morgan fingerprint density at radius 1 is 1.38 bits per heavy atom. The molecule has 0 amide bonds. The number of hydrogen-bond donors (Lipinski definition) is 1. The zero-order chi connectivity index (χ0) is 15.6. The highest BCUT2D eigenvalue weighted by atomic mass is 32.1. The molecule has 0 atom stereocenters. The van der Waals surface area contributed by atoms with Crippen LogP contribution < -0.4 is 10.2 Å². The van der Waals surface area contributed by atoms with Crippen LogP contribution in [-0.4, -0.2) is 16.0 Å². The topological polar surface area (TPSA) is 77.2 Å². The van der Waals surface area contributed by atoms with Gasteiger partial charge in [-0.1, -0.05) is 17.4 Å². The third-order valence-corrected chi connectivity index (χ3v) is 4.34. The molecule has 0 radical (unpaired) electrons. The van der Waals surface area contributed by atoms with Gasteiger partial charge < -0.3 is 5.32 Å². The first-order valence-electron chi connectivity index (χ1n) is 6.62. The minimum absolute atomic E-state index is 0.0343. The number of thiazole rings is 1. The van der Waals surface area contributed by atoms with Gasteiger partial charge in [-0.3, -0.25) is 19.5 Å². The summed E-state index contributed by atoms with van der Waals surface area (Å²) in [6, 6.07) is 5.03. The van der Waals surface area contributed by atoms with Crippen molar-refractivity contribution >= 4 is 22.7 Å². The lowest BCUT2D eigenvalue weighted by Gasteiger charge is -2.08. The van der Waals surface area contributed by atoms with Crippen molar-refractivity contribution in [1.82, 2.24) is 4.57 Å². The molecule has 0 fully saturated rings. The molecule has 0 bridgehead atoms. The highest BCUT2D eigenvalue weighted by molar-refractivity contribution is 7.09. The number of aromatic nitrogens is 1. The summed E-state index contributed by atoms with van der Waals surface area (Å²) in [6.45, 7) is 6.63. The Morgan fingerprint density at radius 3 is 2.62 bits per heavy atom. The molecule has 0 unspecified atom stereocenters. The highest BCUT2D eigenvalue weighted by Crippen LogP contribution is 2.26.